The molecule has 168 valence electrons. The first-order valence-electron chi connectivity index (χ1n) is 9.46. The average Bonchev–Trinajstić information content (AvgIpc) is 3.26. The normalized spacial score (nSPS) is 10.4. The van der Waals surface area contributed by atoms with Gasteiger partial charge in [0.15, 0.2) is 5.82 Å². The number of methoxy groups -OCH3 is 3. The van der Waals surface area contributed by atoms with Crippen LogP contribution in [0, 0.1) is 0 Å². The van der Waals surface area contributed by atoms with Crippen molar-refractivity contribution in [1.82, 2.24) is 15.2 Å². The Morgan fingerprint density at radius 1 is 1.00 bits per heavy atom. The number of rotatable bonds is 9. The molecule has 2 aromatic carbocycles. The van der Waals surface area contributed by atoms with E-state index < -0.39 is 0 Å². The second-order valence-corrected chi connectivity index (χ2v) is 7.41. The molecule has 0 aliphatic rings. The predicted molar refractivity (Wildman–Crippen MR) is 122 cm³/mol. The van der Waals surface area contributed by atoms with Crippen molar-refractivity contribution in [3.8, 4) is 28.6 Å². The monoisotopic (exact) mass is 457 g/mol. The Kier molecular flexibility index (Phi) is 7.55. The van der Waals surface area contributed by atoms with E-state index in [0.717, 1.165) is 5.56 Å². The van der Waals surface area contributed by atoms with Crippen molar-refractivity contribution in [2.45, 2.75) is 12.1 Å². The van der Waals surface area contributed by atoms with Crippen LogP contribution in [0.15, 0.2) is 41.6 Å². The molecule has 3 N–H and O–H groups in total. The van der Waals surface area contributed by atoms with Crippen molar-refractivity contribution in [2.24, 2.45) is 0 Å². The Balaban J connectivity index is 1.65. The number of ether oxygens (including phenoxy) is 3. The first-order valence-corrected chi connectivity index (χ1v) is 10.4. The smallest absolute Gasteiger partial charge is 0.234 e. The van der Waals surface area contributed by atoms with Crippen LogP contribution in [0.1, 0.15) is 6.92 Å². The van der Waals surface area contributed by atoms with Gasteiger partial charge in [-0.25, -0.2) is 4.98 Å². The van der Waals surface area contributed by atoms with Gasteiger partial charge in [0, 0.05) is 18.7 Å². The van der Waals surface area contributed by atoms with Crippen LogP contribution in [0.5, 0.6) is 17.2 Å². The molecule has 3 rings (SSSR count). The van der Waals surface area contributed by atoms with Crippen LogP contribution in [-0.4, -0.2) is 54.1 Å². The summed E-state index contributed by atoms with van der Waals surface area (Å²) in [5.74, 6) is 1.82. The van der Waals surface area contributed by atoms with Gasteiger partial charge in [0.2, 0.25) is 17.0 Å². The van der Waals surface area contributed by atoms with E-state index in [2.05, 4.69) is 25.8 Å². The summed E-state index contributed by atoms with van der Waals surface area (Å²) in [5.41, 5.74) is 1.72. The topological polar surface area (TPSA) is 127 Å². The standard InChI is InChI=1S/C21H23N5O5S/c1-12(27)22-13-5-8-17(30-3)16(9-13)23-19(28)11-32-21-24-20(25-26-21)15-7-6-14(29-2)10-18(15)31-4/h5-10H,11H2,1-4H3,(H,22,27)(H,23,28)(H,24,25,26). The van der Waals surface area contributed by atoms with Crippen molar-refractivity contribution in [3.63, 3.8) is 0 Å². The number of thioether (sulfide) groups is 1. The Labute approximate surface area is 189 Å². The third-order valence-electron chi connectivity index (χ3n) is 4.26. The Morgan fingerprint density at radius 3 is 2.47 bits per heavy atom. The molecule has 1 aromatic heterocycles. The van der Waals surface area contributed by atoms with Crippen molar-refractivity contribution in [3.05, 3.63) is 36.4 Å². The first-order chi connectivity index (χ1) is 15.4. The third-order valence-corrected chi connectivity index (χ3v) is 5.10. The lowest BCUT2D eigenvalue weighted by atomic mass is 10.2. The molecule has 0 atom stereocenters. The number of nitrogens with zero attached hydrogens (tertiary/aromatic N) is 2. The van der Waals surface area contributed by atoms with Crippen LogP contribution >= 0.6 is 11.8 Å². The summed E-state index contributed by atoms with van der Waals surface area (Å²) in [5, 5.41) is 12.9. The summed E-state index contributed by atoms with van der Waals surface area (Å²) in [4.78, 5) is 28.2. The fourth-order valence-electron chi connectivity index (χ4n) is 2.83. The number of nitrogens with one attached hydrogen (secondary N) is 3. The SMILES string of the molecule is COc1ccc(-c2nc(SCC(=O)Nc3cc(NC(C)=O)ccc3OC)n[nH]2)c(OC)c1. The van der Waals surface area contributed by atoms with Crippen LogP contribution in [0.25, 0.3) is 11.4 Å². The molecule has 3 aromatic rings. The third kappa shape index (κ3) is 5.70. The number of carbonyl (C=O) groups is 2. The highest BCUT2D eigenvalue weighted by molar-refractivity contribution is 7.99. The Hall–Kier alpha value is -3.73. The van der Waals surface area contributed by atoms with Crippen LogP contribution in [-0.2, 0) is 9.59 Å². The molecule has 10 nitrogen and oxygen atoms in total. The maximum Gasteiger partial charge on any atom is 0.234 e. The molecule has 0 saturated carbocycles. The molecule has 0 aliphatic heterocycles. The largest absolute Gasteiger partial charge is 0.497 e. The zero-order chi connectivity index (χ0) is 23.1. The van der Waals surface area contributed by atoms with Crippen LogP contribution in [0.3, 0.4) is 0 Å². The van der Waals surface area contributed by atoms with Gasteiger partial charge >= 0.3 is 0 Å². The zero-order valence-electron chi connectivity index (χ0n) is 18.0. The molecule has 11 heteroatoms. The van der Waals surface area contributed by atoms with E-state index in [-0.39, 0.29) is 17.6 Å². The van der Waals surface area contributed by atoms with E-state index in [1.807, 2.05) is 6.07 Å². The number of anilines is 2. The van der Waals surface area contributed by atoms with Gasteiger partial charge in [-0.05, 0) is 30.3 Å². The molecular formula is C21H23N5O5S. The van der Waals surface area contributed by atoms with Crippen LogP contribution in [0.4, 0.5) is 11.4 Å². The minimum absolute atomic E-state index is 0.0740. The highest BCUT2D eigenvalue weighted by atomic mass is 32.2. The van der Waals surface area contributed by atoms with E-state index in [1.165, 1.54) is 25.8 Å². The molecule has 0 saturated heterocycles. The number of hydrogen-bond acceptors (Lipinski definition) is 8. The lowest BCUT2D eigenvalue weighted by Crippen LogP contribution is -2.15. The van der Waals surface area contributed by atoms with Gasteiger partial charge < -0.3 is 24.8 Å². The fraction of sp³-hybridized carbons (Fsp3) is 0.238. The first kappa shape index (κ1) is 22.9. The molecule has 0 spiro atoms. The van der Waals surface area contributed by atoms with Gasteiger partial charge in [-0.2, -0.15) is 0 Å². The van der Waals surface area contributed by atoms with Gasteiger partial charge in [0.05, 0.1) is 38.3 Å². The fourth-order valence-corrected chi connectivity index (χ4v) is 3.43. The molecule has 2 amide bonds. The van der Waals surface area contributed by atoms with E-state index in [9.17, 15) is 9.59 Å². The zero-order valence-corrected chi connectivity index (χ0v) is 18.8. The summed E-state index contributed by atoms with van der Waals surface area (Å²) < 4.78 is 15.9. The minimum Gasteiger partial charge on any atom is -0.497 e. The average molecular weight is 458 g/mol. The highest BCUT2D eigenvalue weighted by Crippen LogP contribution is 2.32. The van der Waals surface area contributed by atoms with E-state index in [0.29, 0.717) is 39.6 Å². The van der Waals surface area contributed by atoms with Gasteiger partial charge in [0.25, 0.3) is 0 Å². The lowest BCUT2D eigenvalue weighted by Gasteiger charge is -2.12. The Morgan fingerprint density at radius 2 is 1.78 bits per heavy atom. The van der Waals surface area contributed by atoms with Crippen LogP contribution in [0.2, 0.25) is 0 Å². The maximum atomic E-state index is 12.5. The maximum absolute atomic E-state index is 12.5. The number of amides is 2. The Bertz CT molecular complexity index is 1120. The quantitative estimate of drug-likeness (QED) is 0.418. The van der Waals surface area contributed by atoms with Gasteiger partial charge in [-0.3, -0.25) is 14.7 Å². The second kappa shape index (κ2) is 10.5. The van der Waals surface area contributed by atoms with Crippen LogP contribution < -0.4 is 24.8 Å². The van der Waals surface area contributed by atoms with Gasteiger partial charge in [-0.15, -0.1) is 5.10 Å². The molecule has 0 unspecified atom stereocenters. The van der Waals surface area contributed by atoms with E-state index >= 15 is 0 Å². The molecule has 1 heterocycles. The summed E-state index contributed by atoms with van der Waals surface area (Å²) in [7, 11) is 4.64. The number of benzene rings is 2. The predicted octanol–water partition coefficient (Wildman–Crippen LogP) is 3.19. The number of H-pyrrole nitrogens is 1. The molecule has 32 heavy (non-hydrogen) atoms. The molecule has 0 radical (unpaired) electrons. The molecular weight excluding hydrogens is 434 g/mol. The molecule has 0 fully saturated rings. The lowest BCUT2D eigenvalue weighted by molar-refractivity contribution is -0.114. The number of aromatic amines is 1. The number of aromatic nitrogens is 3. The van der Waals surface area contributed by atoms with Gasteiger partial charge in [-0.1, -0.05) is 11.8 Å². The van der Waals surface area contributed by atoms with E-state index in [4.69, 9.17) is 14.2 Å². The number of hydrogen-bond donors (Lipinski definition) is 3. The number of carbonyl (C=O) groups excluding carboxylic acids is 2. The van der Waals surface area contributed by atoms with Crippen molar-refractivity contribution in [1.29, 1.82) is 0 Å². The second-order valence-electron chi connectivity index (χ2n) is 6.47. The molecule has 0 aliphatic carbocycles. The summed E-state index contributed by atoms with van der Waals surface area (Å²) in [6.07, 6.45) is 0. The summed E-state index contributed by atoms with van der Waals surface area (Å²) >= 11 is 1.17. The highest BCUT2D eigenvalue weighted by Gasteiger charge is 2.15. The van der Waals surface area contributed by atoms with Crippen molar-refractivity contribution >= 4 is 35.0 Å². The van der Waals surface area contributed by atoms with Gasteiger partial charge in [0.1, 0.15) is 17.2 Å². The van der Waals surface area contributed by atoms with Crippen molar-refractivity contribution in [2.75, 3.05) is 37.7 Å². The van der Waals surface area contributed by atoms with Crippen molar-refractivity contribution < 1.29 is 23.8 Å². The summed E-state index contributed by atoms with van der Waals surface area (Å²) in [6.45, 7) is 1.41. The molecule has 0 bridgehead atoms. The van der Waals surface area contributed by atoms with E-state index in [1.54, 1.807) is 44.6 Å². The minimum atomic E-state index is -0.276. The summed E-state index contributed by atoms with van der Waals surface area (Å²) in [6, 6.07) is 10.3.